The lowest BCUT2D eigenvalue weighted by Crippen LogP contribution is -2.48. The first kappa shape index (κ1) is 25.2. The third kappa shape index (κ3) is 4.89. The Bertz CT molecular complexity index is 1490. The van der Waals surface area contributed by atoms with Crippen LogP contribution < -0.4 is 15.4 Å². The second kappa shape index (κ2) is 10.5. The van der Waals surface area contributed by atoms with Gasteiger partial charge in [-0.3, -0.25) is 14.3 Å². The Kier molecular flexibility index (Phi) is 6.96. The van der Waals surface area contributed by atoms with Gasteiger partial charge in [-0.1, -0.05) is 36.4 Å². The van der Waals surface area contributed by atoms with E-state index in [4.69, 9.17) is 0 Å². The van der Waals surface area contributed by atoms with E-state index in [1.807, 2.05) is 43.3 Å². The van der Waals surface area contributed by atoms with Crippen LogP contribution in [0.2, 0.25) is 0 Å². The Morgan fingerprint density at radius 2 is 1.84 bits per heavy atom. The van der Waals surface area contributed by atoms with Crippen molar-refractivity contribution < 1.29 is 14.3 Å². The lowest BCUT2D eigenvalue weighted by molar-refractivity contribution is -0.611. The topological polar surface area (TPSA) is 103 Å². The fourth-order valence-corrected chi connectivity index (χ4v) is 5.45. The predicted molar refractivity (Wildman–Crippen MR) is 146 cm³/mol. The molecule has 8 nitrogen and oxygen atoms in total. The van der Waals surface area contributed by atoms with Crippen LogP contribution in [0.4, 0.5) is 5.69 Å². The zero-order chi connectivity index (χ0) is 26.8. The molecule has 0 saturated heterocycles. The van der Waals surface area contributed by atoms with E-state index in [2.05, 4.69) is 27.9 Å². The number of hydrogen-bond acceptors (Lipinski definition) is 4. The van der Waals surface area contributed by atoms with Gasteiger partial charge in [0.1, 0.15) is 11.7 Å². The average Bonchev–Trinajstić information content (AvgIpc) is 3.36. The van der Waals surface area contributed by atoms with Crippen LogP contribution >= 0.6 is 0 Å². The summed E-state index contributed by atoms with van der Waals surface area (Å²) < 4.78 is 2.35. The van der Waals surface area contributed by atoms with Crippen molar-refractivity contribution in [2.45, 2.75) is 45.1 Å². The van der Waals surface area contributed by atoms with Gasteiger partial charge in [0, 0.05) is 37.8 Å². The van der Waals surface area contributed by atoms with E-state index >= 15 is 0 Å². The molecule has 0 spiro atoms. The van der Waals surface area contributed by atoms with Crippen LogP contribution in [0.5, 0.6) is 0 Å². The van der Waals surface area contributed by atoms with Crippen molar-refractivity contribution in [3.05, 3.63) is 106 Å². The van der Waals surface area contributed by atoms with Crippen molar-refractivity contribution in [3.8, 4) is 11.1 Å². The van der Waals surface area contributed by atoms with Crippen molar-refractivity contribution in [1.29, 1.82) is 0 Å². The van der Waals surface area contributed by atoms with E-state index < -0.39 is 6.04 Å². The maximum absolute atomic E-state index is 13.7. The molecule has 38 heavy (non-hydrogen) atoms. The highest BCUT2D eigenvalue weighted by atomic mass is 16.5. The van der Waals surface area contributed by atoms with Crippen molar-refractivity contribution in [3.63, 3.8) is 0 Å². The minimum atomic E-state index is -0.767. The SMILES string of the molecule is Cc1cc[n+]([O-])c(C)c1-c1ccc(NC(=O)[C@@H](NC(=O)c2ccnn2C)[C@H]2CCCc3ccccc32)cc1. The molecule has 0 bridgehead atoms. The molecular formula is C30H31N5O3. The van der Waals surface area contributed by atoms with E-state index in [-0.39, 0.29) is 17.7 Å². The summed E-state index contributed by atoms with van der Waals surface area (Å²) in [5.41, 5.74) is 6.71. The molecule has 2 amide bonds. The number of aromatic nitrogens is 3. The molecule has 2 N–H and O–H groups in total. The number of aryl methyl sites for hydroxylation is 3. The first-order chi connectivity index (χ1) is 18.3. The summed E-state index contributed by atoms with van der Waals surface area (Å²) in [7, 11) is 1.70. The summed E-state index contributed by atoms with van der Waals surface area (Å²) in [6.07, 6.45) is 5.76. The molecule has 0 unspecified atom stereocenters. The van der Waals surface area contributed by atoms with E-state index in [0.717, 1.165) is 46.2 Å². The van der Waals surface area contributed by atoms with Gasteiger partial charge in [0.2, 0.25) is 5.91 Å². The average molecular weight is 510 g/mol. The highest BCUT2D eigenvalue weighted by Gasteiger charge is 2.34. The van der Waals surface area contributed by atoms with Crippen molar-refractivity contribution >= 4 is 17.5 Å². The van der Waals surface area contributed by atoms with E-state index in [0.29, 0.717) is 17.1 Å². The quantitative estimate of drug-likeness (QED) is 0.300. The Morgan fingerprint density at radius 3 is 2.58 bits per heavy atom. The Hall–Kier alpha value is -4.46. The van der Waals surface area contributed by atoms with Crippen LogP contribution in [-0.2, 0) is 18.3 Å². The molecular weight excluding hydrogens is 478 g/mol. The van der Waals surface area contributed by atoms with Gasteiger partial charge in [0.15, 0.2) is 11.9 Å². The van der Waals surface area contributed by atoms with Gasteiger partial charge in [-0.05, 0) is 66.6 Å². The molecule has 0 aliphatic heterocycles. The van der Waals surface area contributed by atoms with Gasteiger partial charge >= 0.3 is 0 Å². The van der Waals surface area contributed by atoms with Crippen LogP contribution in [-0.4, -0.2) is 27.6 Å². The maximum Gasteiger partial charge on any atom is 0.270 e. The lowest BCUT2D eigenvalue weighted by Gasteiger charge is -2.32. The van der Waals surface area contributed by atoms with Crippen molar-refractivity contribution in [2.24, 2.45) is 7.05 Å². The van der Waals surface area contributed by atoms with Gasteiger partial charge < -0.3 is 15.8 Å². The monoisotopic (exact) mass is 509 g/mol. The number of amides is 2. The molecule has 2 aromatic heterocycles. The molecule has 8 heteroatoms. The first-order valence-corrected chi connectivity index (χ1v) is 12.8. The van der Waals surface area contributed by atoms with E-state index in [1.165, 1.54) is 16.4 Å². The molecule has 1 aliphatic carbocycles. The summed E-state index contributed by atoms with van der Waals surface area (Å²) in [6.45, 7) is 3.76. The third-order valence-corrected chi connectivity index (χ3v) is 7.43. The zero-order valence-electron chi connectivity index (χ0n) is 21.8. The molecule has 0 radical (unpaired) electrons. The minimum Gasteiger partial charge on any atom is -0.618 e. The summed E-state index contributed by atoms with van der Waals surface area (Å²) in [4.78, 5) is 26.9. The number of anilines is 1. The van der Waals surface area contributed by atoms with Gasteiger partial charge in [-0.15, -0.1) is 0 Å². The number of benzene rings is 2. The molecule has 0 saturated carbocycles. The molecule has 0 fully saturated rings. The second-order valence-corrected chi connectivity index (χ2v) is 9.84. The molecule has 4 aromatic rings. The standard InChI is InChI=1S/C30H31N5O3/c1-19-16-18-35(38)20(2)27(19)22-11-13-23(14-12-22)32-30(37)28(33-29(36)26-15-17-31-34(26)3)25-10-6-8-21-7-4-5-9-24(21)25/h4-5,7,9,11-18,25,28H,6,8,10H2,1-3H3,(H,32,37)(H,33,36)/t25-,28-/m0/s1. The molecule has 5 rings (SSSR count). The summed E-state index contributed by atoms with van der Waals surface area (Å²) in [6, 6.07) is 18.2. The minimum absolute atomic E-state index is 0.154. The Labute approximate surface area is 221 Å². The van der Waals surface area contributed by atoms with Crippen LogP contribution in [0.15, 0.2) is 73.1 Å². The normalized spacial score (nSPS) is 15.4. The summed E-state index contributed by atoms with van der Waals surface area (Å²) in [5, 5.41) is 22.2. The van der Waals surface area contributed by atoms with Gasteiger partial charge in [-0.25, -0.2) is 0 Å². The van der Waals surface area contributed by atoms with Crippen molar-refractivity contribution in [1.82, 2.24) is 15.1 Å². The maximum atomic E-state index is 13.7. The molecule has 2 heterocycles. The fraction of sp³-hybridized carbons (Fsp3) is 0.267. The highest BCUT2D eigenvalue weighted by Crippen LogP contribution is 2.35. The van der Waals surface area contributed by atoms with E-state index in [9.17, 15) is 14.8 Å². The fourth-order valence-electron chi connectivity index (χ4n) is 5.45. The Morgan fingerprint density at radius 1 is 1.08 bits per heavy atom. The second-order valence-electron chi connectivity index (χ2n) is 9.84. The van der Waals surface area contributed by atoms with Crippen LogP contribution in [0.25, 0.3) is 11.1 Å². The number of hydrogen-bond donors (Lipinski definition) is 2. The smallest absolute Gasteiger partial charge is 0.270 e. The Balaban J connectivity index is 1.42. The van der Waals surface area contributed by atoms with Crippen LogP contribution in [0.3, 0.4) is 0 Å². The van der Waals surface area contributed by atoms with E-state index in [1.54, 1.807) is 32.3 Å². The van der Waals surface area contributed by atoms with Gasteiger partial charge in [-0.2, -0.15) is 9.83 Å². The largest absolute Gasteiger partial charge is 0.618 e. The molecule has 194 valence electrons. The van der Waals surface area contributed by atoms with Gasteiger partial charge in [0.05, 0.1) is 5.56 Å². The zero-order valence-corrected chi connectivity index (χ0v) is 21.8. The number of pyridine rings is 1. The third-order valence-electron chi connectivity index (χ3n) is 7.43. The van der Waals surface area contributed by atoms with Crippen LogP contribution in [0.1, 0.15) is 51.6 Å². The molecule has 2 atom stereocenters. The van der Waals surface area contributed by atoms with Gasteiger partial charge in [0.25, 0.3) is 5.91 Å². The number of nitrogens with zero attached hydrogens (tertiary/aromatic N) is 3. The number of nitrogens with one attached hydrogen (secondary N) is 2. The first-order valence-electron chi connectivity index (χ1n) is 12.8. The summed E-state index contributed by atoms with van der Waals surface area (Å²) in [5.74, 6) is -0.775. The molecule has 2 aromatic carbocycles. The number of carbonyl (C=O) groups excluding carboxylic acids is 2. The highest BCUT2D eigenvalue weighted by molar-refractivity contribution is 6.01. The van der Waals surface area contributed by atoms with Crippen LogP contribution in [0, 0.1) is 19.1 Å². The number of carbonyl (C=O) groups is 2. The predicted octanol–water partition coefficient (Wildman–Crippen LogP) is 4.19. The summed E-state index contributed by atoms with van der Waals surface area (Å²) >= 11 is 0. The lowest BCUT2D eigenvalue weighted by atomic mass is 9.78. The molecule has 1 aliphatic rings. The number of rotatable bonds is 6. The van der Waals surface area contributed by atoms with Crippen molar-refractivity contribution in [2.75, 3.05) is 5.32 Å². The number of fused-ring (bicyclic) bond motifs is 1.